The summed E-state index contributed by atoms with van der Waals surface area (Å²) in [5, 5.41) is 0. The largest absolute Gasteiger partial charge is 0.306 e. The number of hydrogen-bond acceptors (Lipinski definition) is 1. The lowest BCUT2D eigenvalue weighted by Crippen LogP contribution is -2.21. The van der Waals surface area contributed by atoms with Crippen molar-refractivity contribution in [3.05, 3.63) is 35.9 Å². The maximum atomic E-state index is 2.38. The van der Waals surface area contributed by atoms with Crippen LogP contribution in [-0.2, 0) is 6.42 Å². The lowest BCUT2D eigenvalue weighted by atomic mass is 10.1. The Kier molecular flexibility index (Phi) is 4.55. The van der Waals surface area contributed by atoms with Crippen LogP contribution in [0.15, 0.2) is 30.3 Å². The molecule has 0 spiro atoms. The standard InChI is InChI=1S/C12H19N/c1-3-10-13(2)11-9-12-7-5-4-6-8-12/h4-8H,3,9-11H2,1-2H3. The zero-order valence-electron chi connectivity index (χ0n) is 8.66. The van der Waals surface area contributed by atoms with Crippen molar-refractivity contribution in [2.24, 2.45) is 0 Å². The summed E-state index contributed by atoms with van der Waals surface area (Å²) in [5.74, 6) is 0. The molecular weight excluding hydrogens is 158 g/mol. The molecule has 0 amide bonds. The molecule has 1 nitrogen and oxygen atoms in total. The van der Waals surface area contributed by atoms with E-state index in [0.29, 0.717) is 0 Å². The average Bonchev–Trinajstić information content (AvgIpc) is 2.17. The van der Waals surface area contributed by atoms with E-state index >= 15 is 0 Å². The lowest BCUT2D eigenvalue weighted by molar-refractivity contribution is 0.339. The van der Waals surface area contributed by atoms with E-state index < -0.39 is 0 Å². The van der Waals surface area contributed by atoms with E-state index in [2.05, 4.69) is 49.2 Å². The van der Waals surface area contributed by atoms with Crippen molar-refractivity contribution in [3.63, 3.8) is 0 Å². The van der Waals surface area contributed by atoms with Crippen molar-refractivity contribution < 1.29 is 0 Å². The van der Waals surface area contributed by atoms with E-state index in [9.17, 15) is 0 Å². The Morgan fingerprint density at radius 1 is 1.08 bits per heavy atom. The van der Waals surface area contributed by atoms with Gasteiger partial charge < -0.3 is 4.90 Å². The van der Waals surface area contributed by atoms with Crippen LogP contribution < -0.4 is 0 Å². The Bertz CT molecular complexity index is 218. The smallest absolute Gasteiger partial charge is 0.00188 e. The van der Waals surface area contributed by atoms with Crippen LogP contribution in [0.2, 0.25) is 0 Å². The van der Waals surface area contributed by atoms with E-state index in [-0.39, 0.29) is 0 Å². The molecule has 0 saturated heterocycles. The first kappa shape index (κ1) is 10.3. The van der Waals surface area contributed by atoms with Crippen molar-refractivity contribution in [2.45, 2.75) is 19.8 Å². The van der Waals surface area contributed by atoms with Crippen LogP contribution in [0.4, 0.5) is 0 Å². The summed E-state index contributed by atoms with van der Waals surface area (Å²) in [7, 11) is 2.19. The molecule has 0 aromatic heterocycles. The molecule has 0 saturated carbocycles. The topological polar surface area (TPSA) is 3.24 Å². The van der Waals surface area contributed by atoms with Crippen molar-refractivity contribution in [1.29, 1.82) is 0 Å². The number of benzene rings is 1. The third-order valence-electron chi connectivity index (χ3n) is 2.23. The van der Waals surface area contributed by atoms with Crippen LogP contribution in [0, 0.1) is 0 Å². The Hall–Kier alpha value is -0.820. The molecule has 0 bridgehead atoms. The summed E-state index contributed by atoms with van der Waals surface area (Å²) in [4.78, 5) is 2.38. The minimum atomic E-state index is 1.16. The van der Waals surface area contributed by atoms with Gasteiger partial charge in [0, 0.05) is 6.54 Å². The molecule has 0 aliphatic rings. The molecular formula is C12H19N. The normalized spacial score (nSPS) is 10.7. The maximum absolute atomic E-state index is 2.38. The fourth-order valence-corrected chi connectivity index (χ4v) is 1.46. The van der Waals surface area contributed by atoms with Gasteiger partial charge >= 0.3 is 0 Å². The van der Waals surface area contributed by atoms with Gasteiger partial charge in [-0.2, -0.15) is 0 Å². The second-order valence-electron chi connectivity index (χ2n) is 3.54. The van der Waals surface area contributed by atoms with Crippen molar-refractivity contribution in [1.82, 2.24) is 4.90 Å². The van der Waals surface area contributed by atoms with Crippen molar-refractivity contribution in [3.8, 4) is 0 Å². The van der Waals surface area contributed by atoms with Gasteiger partial charge in [0.2, 0.25) is 0 Å². The van der Waals surface area contributed by atoms with Gasteiger partial charge in [-0.3, -0.25) is 0 Å². The van der Waals surface area contributed by atoms with Gasteiger partial charge in [-0.25, -0.2) is 0 Å². The van der Waals surface area contributed by atoms with E-state index in [0.717, 1.165) is 13.0 Å². The van der Waals surface area contributed by atoms with Gasteiger partial charge in [0.05, 0.1) is 0 Å². The average molecular weight is 177 g/mol. The molecule has 0 fully saturated rings. The molecule has 1 heteroatoms. The summed E-state index contributed by atoms with van der Waals surface area (Å²) >= 11 is 0. The fourth-order valence-electron chi connectivity index (χ4n) is 1.46. The van der Waals surface area contributed by atoms with Gasteiger partial charge in [0.25, 0.3) is 0 Å². The van der Waals surface area contributed by atoms with E-state index in [1.165, 1.54) is 18.5 Å². The first-order chi connectivity index (χ1) is 6.33. The Morgan fingerprint density at radius 2 is 1.77 bits per heavy atom. The minimum absolute atomic E-state index is 1.16. The van der Waals surface area contributed by atoms with Crippen LogP contribution in [0.1, 0.15) is 18.9 Å². The highest BCUT2D eigenvalue weighted by Gasteiger charge is 1.96. The summed E-state index contributed by atoms with van der Waals surface area (Å²) in [6.07, 6.45) is 2.41. The van der Waals surface area contributed by atoms with Crippen LogP contribution in [0.3, 0.4) is 0 Å². The molecule has 0 unspecified atom stereocenters. The predicted molar refractivity (Wildman–Crippen MR) is 57.9 cm³/mol. The molecule has 0 radical (unpaired) electrons. The summed E-state index contributed by atoms with van der Waals surface area (Å²) < 4.78 is 0. The fraction of sp³-hybridized carbons (Fsp3) is 0.500. The lowest BCUT2D eigenvalue weighted by Gasteiger charge is -2.14. The first-order valence-electron chi connectivity index (χ1n) is 5.05. The highest BCUT2D eigenvalue weighted by atomic mass is 15.1. The molecule has 0 atom stereocenters. The van der Waals surface area contributed by atoms with Gasteiger partial charge in [-0.05, 0) is 32.0 Å². The third kappa shape index (κ3) is 4.09. The SMILES string of the molecule is CCCN(C)CCc1ccccc1. The van der Waals surface area contributed by atoms with Crippen molar-refractivity contribution in [2.75, 3.05) is 20.1 Å². The van der Waals surface area contributed by atoms with Crippen molar-refractivity contribution >= 4 is 0 Å². The third-order valence-corrected chi connectivity index (χ3v) is 2.23. The zero-order chi connectivity index (χ0) is 9.52. The monoisotopic (exact) mass is 177 g/mol. The highest BCUT2D eigenvalue weighted by molar-refractivity contribution is 5.14. The second-order valence-corrected chi connectivity index (χ2v) is 3.54. The molecule has 0 heterocycles. The zero-order valence-corrected chi connectivity index (χ0v) is 8.66. The first-order valence-corrected chi connectivity index (χ1v) is 5.05. The predicted octanol–water partition coefficient (Wildman–Crippen LogP) is 2.57. The van der Waals surface area contributed by atoms with Crippen LogP contribution in [-0.4, -0.2) is 25.0 Å². The number of hydrogen-bond donors (Lipinski definition) is 0. The van der Waals surface area contributed by atoms with Gasteiger partial charge in [-0.15, -0.1) is 0 Å². The molecule has 1 aromatic rings. The molecule has 0 aliphatic carbocycles. The van der Waals surface area contributed by atoms with Crippen LogP contribution in [0.5, 0.6) is 0 Å². The molecule has 72 valence electrons. The molecule has 0 aliphatic heterocycles. The Labute approximate surface area is 81.4 Å². The number of nitrogens with zero attached hydrogens (tertiary/aromatic N) is 1. The second kappa shape index (κ2) is 5.76. The summed E-state index contributed by atoms with van der Waals surface area (Å²) in [5.41, 5.74) is 1.44. The number of rotatable bonds is 5. The van der Waals surface area contributed by atoms with Crippen LogP contribution in [0.25, 0.3) is 0 Å². The molecule has 1 rings (SSSR count). The van der Waals surface area contributed by atoms with Gasteiger partial charge in [0.15, 0.2) is 0 Å². The summed E-state index contributed by atoms with van der Waals surface area (Å²) in [6.45, 7) is 4.59. The molecule has 1 aromatic carbocycles. The van der Waals surface area contributed by atoms with E-state index in [1.807, 2.05) is 0 Å². The minimum Gasteiger partial charge on any atom is -0.306 e. The van der Waals surface area contributed by atoms with Gasteiger partial charge in [0.1, 0.15) is 0 Å². The Morgan fingerprint density at radius 3 is 2.38 bits per heavy atom. The number of likely N-dealkylation sites (N-methyl/N-ethyl adjacent to an activating group) is 1. The van der Waals surface area contributed by atoms with E-state index in [4.69, 9.17) is 0 Å². The molecule has 0 N–H and O–H groups in total. The maximum Gasteiger partial charge on any atom is 0.00188 e. The molecule has 13 heavy (non-hydrogen) atoms. The highest BCUT2D eigenvalue weighted by Crippen LogP contribution is 2.00. The van der Waals surface area contributed by atoms with Gasteiger partial charge in [-0.1, -0.05) is 37.3 Å². The Balaban J connectivity index is 2.27. The van der Waals surface area contributed by atoms with E-state index in [1.54, 1.807) is 0 Å². The quantitative estimate of drug-likeness (QED) is 0.668. The summed E-state index contributed by atoms with van der Waals surface area (Å²) in [6, 6.07) is 10.7. The van der Waals surface area contributed by atoms with Crippen LogP contribution >= 0.6 is 0 Å².